The Balaban J connectivity index is 2.06. The van der Waals surface area contributed by atoms with Crippen LogP contribution in [0.5, 0.6) is 5.75 Å². The lowest BCUT2D eigenvalue weighted by Gasteiger charge is -2.33. The van der Waals surface area contributed by atoms with E-state index in [1.54, 1.807) is 36.4 Å². The zero-order valence-corrected chi connectivity index (χ0v) is 24.7. The number of carbonyl (C=O) groups excluding carboxylic acids is 2. The quantitative estimate of drug-likeness (QED) is 0.320. The van der Waals surface area contributed by atoms with Crippen molar-refractivity contribution < 1.29 is 22.7 Å². The van der Waals surface area contributed by atoms with Crippen LogP contribution in [0.3, 0.4) is 0 Å². The van der Waals surface area contributed by atoms with Gasteiger partial charge in [-0.25, -0.2) is 8.42 Å². The molecule has 40 heavy (non-hydrogen) atoms. The molecular weight excluding hydrogens is 526 g/mol. The fraction of sp³-hybridized carbons (Fsp3) is 0.355. The summed E-state index contributed by atoms with van der Waals surface area (Å²) >= 11 is 0. The van der Waals surface area contributed by atoms with Crippen molar-refractivity contribution >= 4 is 27.5 Å². The highest BCUT2D eigenvalue weighted by molar-refractivity contribution is 7.92. The summed E-state index contributed by atoms with van der Waals surface area (Å²) in [4.78, 5) is 28.6. The number of sulfonamides is 1. The number of amides is 2. The fourth-order valence-corrected chi connectivity index (χ4v) is 5.87. The normalized spacial score (nSPS) is 11.9. The summed E-state index contributed by atoms with van der Waals surface area (Å²) in [6.45, 7) is 9.92. The smallest absolute Gasteiger partial charge is 0.264 e. The molecule has 0 fully saturated rings. The molecule has 0 spiro atoms. The summed E-state index contributed by atoms with van der Waals surface area (Å²) in [5, 5.41) is 2.82. The van der Waals surface area contributed by atoms with Gasteiger partial charge in [0.15, 0.2) is 0 Å². The number of anilines is 1. The summed E-state index contributed by atoms with van der Waals surface area (Å²) in [7, 11) is -4.12. The van der Waals surface area contributed by atoms with Crippen LogP contribution in [0.2, 0.25) is 0 Å². The van der Waals surface area contributed by atoms with E-state index in [4.69, 9.17) is 4.74 Å². The van der Waals surface area contributed by atoms with Crippen molar-refractivity contribution in [3.8, 4) is 5.75 Å². The predicted octanol–water partition coefficient (Wildman–Crippen LogP) is 4.84. The molecule has 214 valence electrons. The first-order valence-electron chi connectivity index (χ1n) is 13.6. The third kappa shape index (κ3) is 7.63. The Labute approximate surface area is 238 Å². The number of nitrogens with one attached hydrogen (secondary N) is 1. The van der Waals surface area contributed by atoms with Gasteiger partial charge in [-0.2, -0.15) is 0 Å². The molecular formula is C31H39N3O5S. The van der Waals surface area contributed by atoms with Crippen molar-refractivity contribution in [1.82, 2.24) is 10.2 Å². The zero-order valence-electron chi connectivity index (χ0n) is 23.9. The highest BCUT2D eigenvalue weighted by atomic mass is 32.2. The van der Waals surface area contributed by atoms with Gasteiger partial charge in [0.25, 0.3) is 10.0 Å². The third-order valence-corrected chi connectivity index (χ3v) is 8.28. The molecule has 0 saturated heterocycles. The molecule has 0 aromatic heterocycles. The first-order chi connectivity index (χ1) is 19.1. The lowest BCUT2D eigenvalue weighted by atomic mass is 10.1. The molecule has 9 heteroatoms. The summed E-state index contributed by atoms with van der Waals surface area (Å²) in [5.74, 6) is -0.169. The number of nitrogens with zero attached hydrogens (tertiary/aromatic N) is 2. The monoisotopic (exact) mass is 565 g/mol. The van der Waals surface area contributed by atoms with Crippen molar-refractivity contribution in [2.24, 2.45) is 0 Å². The maximum Gasteiger partial charge on any atom is 0.264 e. The van der Waals surface area contributed by atoms with Gasteiger partial charge in [-0.15, -0.1) is 0 Å². The van der Waals surface area contributed by atoms with Crippen molar-refractivity contribution in [2.45, 2.75) is 58.5 Å². The van der Waals surface area contributed by atoms with E-state index in [1.165, 1.54) is 17.0 Å². The molecule has 2 amide bonds. The minimum Gasteiger partial charge on any atom is -0.494 e. The Morgan fingerprint density at radius 3 is 2.15 bits per heavy atom. The van der Waals surface area contributed by atoms with Crippen LogP contribution < -0.4 is 14.4 Å². The number of aryl methyl sites for hydroxylation is 2. The molecule has 0 aliphatic rings. The third-order valence-electron chi connectivity index (χ3n) is 6.50. The maximum atomic E-state index is 14.0. The van der Waals surface area contributed by atoms with Gasteiger partial charge in [-0.05, 0) is 76.1 Å². The Morgan fingerprint density at radius 1 is 0.900 bits per heavy atom. The molecule has 1 atom stereocenters. The molecule has 0 unspecified atom stereocenters. The number of rotatable bonds is 13. The largest absolute Gasteiger partial charge is 0.494 e. The average Bonchev–Trinajstić information content (AvgIpc) is 2.92. The van der Waals surface area contributed by atoms with Crippen molar-refractivity contribution in [3.05, 3.63) is 89.5 Å². The molecule has 3 aromatic carbocycles. The van der Waals surface area contributed by atoms with Gasteiger partial charge in [0.05, 0.1) is 17.2 Å². The first kappa shape index (κ1) is 30.7. The van der Waals surface area contributed by atoms with Gasteiger partial charge in [-0.3, -0.25) is 13.9 Å². The molecule has 0 saturated carbocycles. The molecule has 1 N–H and O–H groups in total. The molecule has 0 aliphatic heterocycles. The van der Waals surface area contributed by atoms with E-state index in [-0.39, 0.29) is 17.3 Å². The van der Waals surface area contributed by atoms with Crippen molar-refractivity contribution in [2.75, 3.05) is 24.0 Å². The number of ether oxygens (including phenoxy) is 1. The second kappa shape index (κ2) is 14.0. The molecule has 0 radical (unpaired) electrons. The van der Waals surface area contributed by atoms with Gasteiger partial charge in [0.1, 0.15) is 18.3 Å². The van der Waals surface area contributed by atoms with E-state index in [0.29, 0.717) is 31.0 Å². The Bertz CT molecular complexity index is 1390. The highest BCUT2D eigenvalue weighted by Gasteiger charge is 2.33. The number of likely N-dealkylation sites (N-methyl/N-ethyl adjacent to an activating group) is 1. The first-order valence-corrected chi connectivity index (χ1v) is 15.0. The van der Waals surface area contributed by atoms with Gasteiger partial charge in [0, 0.05) is 13.1 Å². The van der Waals surface area contributed by atoms with Crippen molar-refractivity contribution in [3.63, 3.8) is 0 Å². The standard InChI is InChI=1S/C31H39N3O5S/c1-6-29(31(36)32-7-2)33(21-25-11-9-10-24(5)20-25)30(35)22-34(26-14-16-27(17-15-26)39-8-3)40(37,38)28-18-12-23(4)13-19-28/h9-20,29H,6-8,21-22H2,1-5H3,(H,32,36)/t29-/m0/s1. The van der Waals surface area contributed by atoms with Crippen molar-refractivity contribution in [1.29, 1.82) is 0 Å². The van der Waals surface area contributed by atoms with E-state index in [9.17, 15) is 18.0 Å². The lowest BCUT2D eigenvalue weighted by Crippen LogP contribution is -2.52. The van der Waals surface area contributed by atoms with E-state index in [1.807, 2.05) is 58.9 Å². The Hall–Kier alpha value is -3.85. The minimum atomic E-state index is -4.12. The molecule has 0 bridgehead atoms. The number of hydrogen-bond acceptors (Lipinski definition) is 5. The zero-order chi connectivity index (χ0) is 29.3. The van der Waals surface area contributed by atoms with Gasteiger partial charge >= 0.3 is 0 Å². The number of hydrogen-bond donors (Lipinski definition) is 1. The molecule has 3 rings (SSSR count). The average molecular weight is 566 g/mol. The van der Waals surface area contributed by atoms with E-state index < -0.39 is 28.5 Å². The van der Waals surface area contributed by atoms with Crippen LogP contribution in [0.15, 0.2) is 77.7 Å². The molecule has 3 aromatic rings. The van der Waals surface area contributed by atoms with Crippen LogP contribution in [0.4, 0.5) is 5.69 Å². The SMILES string of the molecule is CCNC(=O)[C@H](CC)N(Cc1cccc(C)c1)C(=O)CN(c1ccc(OCC)cc1)S(=O)(=O)c1ccc(C)cc1. The van der Waals surface area contributed by atoms with Gasteiger partial charge in [-0.1, -0.05) is 54.4 Å². The van der Waals surface area contributed by atoms with Crippen LogP contribution in [0, 0.1) is 13.8 Å². The van der Waals surface area contributed by atoms with Crippen LogP contribution in [-0.4, -0.2) is 50.9 Å². The van der Waals surface area contributed by atoms with Gasteiger partial charge in [0.2, 0.25) is 11.8 Å². The lowest BCUT2D eigenvalue weighted by molar-refractivity contribution is -0.140. The maximum absolute atomic E-state index is 14.0. The van der Waals surface area contributed by atoms with Crippen LogP contribution >= 0.6 is 0 Å². The van der Waals surface area contributed by atoms with E-state index >= 15 is 0 Å². The Kier molecular flexibility index (Phi) is 10.7. The second-order valence-electron chi connectivity index (χ2n) is 9.58. The topological polar surface area (TPSA) is 96.0 Å². The summed E-state index contributed by atoms with van der Waals surface area (Å²) < 4.78 is 34.5. The van der Waals surface area contributed by atoms with Crippen LogP contribution in [-0.2, 0) is 26.2 Å². The Morgan fingerprint density at radius 2 is 1.57 bits per heavy atom. The van der Waals surface area contributed by atoms with E-state index in [0.717, 1.165) is 21.0 Å². The second-order valence-corrected chi connectivity index (χ2v) is 11.4. The molecule has 8 nitrogen and oxygen atoms in total. The van der Waals surface area contributed by atoms with Crippen LogP contribution in [0.1, 0.15) is 43.9 Å². The molecule has 0 aliphatic carbocycles. The highest BCUT2D eigenvalue weighted by Crippen LogP contribution is 2.27. The fourth-order valence-electron chi connectivity index (χ4n) is 4.46. The van der Waals surface area contributed by atoms with E-state index in [2.05, 4.69) is 5.32 Å². The number of carbonyl (C=O) groups is 2. The number of benzene rings is 3. The molecule has 0 heterocycles. The summed E-state index contributed by atoms with van der Waals surface area (Å²) in [6.07, 6.45) is 0.372. The van der Waals surface area contributed by atoms with Gasteiger partial charge < -0.3 is 15.0 Å². The predicted molar refractivity (Wildman–Crippen MR) is 158 cm³/mol. The summed E-state index contributed by atoms with van der Waals surface area (Å²) in [6, 6.07) is 20.0. The minimum absolute atomic E-state index is 0.0702. The van der Waals surface area contributed by atoms with Crippen LogP contribution in [0.25, 0.3) is 0 Å². The summed E-state index contributed by atoms with van der Waals surface area (Å²) in [5.41, 5.74) is 3.11.